The lowest BCUT2D eigenvalue weighted by atomic mass is 10.00. The van der Waals surface area contributed by atoms with E-state index >= 15 is 0 Å². The van der Waals surface area contributed by atoms with Crippen molar-refractivity contribution in [3.05, 3.63) is 57.0 Å². The van der Waals surface area contributed by atoms with E-state index in [9.17, 15) is 4.39 Å². The summed E-state index contributed by atoms with van der Waals surface area (Å²) in [5.74, 6) is -0.159. The van der Waals surface area contributed by atoms with Gasteiger partial charge in [-0.3, -0.25) is 0 Å². The predicted octanol–water partition coefficient (Wildman–Crippen LogP) is 4.40. The summed E-state index contributed by atoms with van der Waals surface area (Å²) < 4.78 is 13.1. The molecule has 1 heterocycles. The van der Waals surface area contributed by atoms with Gasteiger partial charge in [0.1, 0.15) is 5.82 Å². The molecule has 1 nitrogen and oxygen atoms in total. The Morgan fingerprint density at radius 3 is 2.58 bits per heavy atom. The summed E-state index contributed by atoms with van der Waals surface area (Å²) in [7, 11) is 0. The number of nitrogens with one attached hydrogen (secondary N) is 1. The summed E-state index contributed by atoms with van der Waals surface area (Å²) in [6, 6.07) is 9.71. The molecule has 0 radical (unpaired) electrons. The lowest BCUT2D eigenvalue weighted by Gasteiger charge is -2.18. The van der Waals surface area contributed by atoms with Gasteiger partial charge in [-0.15, -0.1) is 11.3 Å². The molecule has 3 heteroatoms. The van der Waals surface area contributed by atoms with Gasteiger partial charge >= 0.3 is 0 Å². The van der Waals surface area contributed by atoms with Crippen molar-refractivity contribution in [2.24, 2.45) is 0 Å². The number of likely N-dealkylation sites (N-methyl/N-ethyl adjacent to an activating group) is 1. The maximum absolute atomic E-state index is 13.1. The minimum absolute atomic E-state index is 0.159. The second-order valence-corrected chi connectivity index (χ2v) is 6.15. The van der Waals surface area contributed by atoms with Crippen LogP contribution in [0.4, 0.5) is 4.39 Å². The van der Waals surface area contributed by atoms with Crippen LogP contribution >= 0.6 is 11.3 Å². The van der Waals surface area contributed by atoms with Crippen molar-refractivity contribution in [1.82, 2.24) is 5.32 Å². The Labute approximate surface area is 118 Å². The zero-order chi connectivity index (χ0) is 13.8. The van der Waals surface area contributed by atoms with Crippen molar-refractivity contribution in [1.29, 1.82) is 0 Å². The molecular formula is C16H20FNS. The molecular weight excluding hydrogens is 257 g/mol. The van der Waals surface area contributed by atoms with Gasteiger partial charge in [0, 0.05) is 15.8 Å². The van der Waals surface area contributed by atoms with Gasteiger partial charge in [0.25, 0.3) is 0 Å². The zero-order valence-electron chi connectivity index (χ0n) is 11.7. The molecule has 0 saturated carbocycles. The van der Waals surface area contributed by atoms with Crippen molar-refractivity contribution >= 4 is 11.3 Å². The van der Waals surface area contributed by atoms with E-state index in [-0.39, 0.29) is 5.82 Å². The van der Waals surface area contributed by atoms with Gasteiger partial charge in [-0.25, -0.2) is 4.39 Å². The van der Waals surface area contributed by atoms with Gasteiger partial charge in [0.05, 0.1) is 0 Å². The highest BCUT2D eigenvalue weighted by molar-refractivity contribution is 7.12. The highest BCUT2D eigenvalue weighted by Gasteiger charge is 2.14. The van der Waals surface area contributed by atoms with Crippen molar-refractivity contribution in [2.45, 2.75) is 33.2 Å². The fraction of sp³-hybridized carbons (Fsp3) is 0.375. The first kappa shape index (κ1) is 14.2. The highest BCUT2D eigenvalue weighted by atomic mass is 32.1. The molecule has 0 amide bonds. The molecule has 0 aliphatic carbocycles. The molecule has 0 bridgehead atoms. The molecule has 1 atom stereocenters. The Morgan fingerprint density at radius 1 is 1.21 bits per heavy atom. The molecule has 1 aromatic carbocycles. The second-order valence-electron chi connectivity index (χ2n) is 4.83. The summed E-state index contributed by atoms with van der Waals surface area (Å²) in [6.45, 7) is 7.15. The molecule has 102 valence electrons. The first-order valence-corrected chi connectivity index (χ1v) is 7.46. The maximum atomic E-state index is 13.1. The van der Waals surface area contributed by atoms with Crippen molar-refractivity contribution in [3.63, 3.8) is 0 Å². The number of thiophene rings is 1. The van der Waals surface area contributed by atoms with E-state index in [1.165, 1.54) is 15.3 Å². The highest BCUT2D eigenvalue weighted by Crippen LogP contribution is 2.26. The number of halogens is 1. The molecule has 0 aliphatic rings. The third-order valence-electron chi connectivity index (χ3n) is 3.28. The van der Waals surface area contributed by atoms with E-state index in [4.69, 9.17) is 0 Å². The average molecular weight is 277 g/mol. The van der Waals surface area contributed by atoms with Crippen LogP contribution in [0.5, 0.6) is 0 Å². The van der Waals surface area contributed by atoms with Crippen LogP contribution in [-0.2, 0) is 6.42 Å². The van der Waals surface area contributed by atoms with Crippen LogP contribution in [-0.4, -0.2) is 6.54 Å². The second kappa shape index (κ2) is 6.31. The lowest BCUT2D eigenvalue weighted by molar-refractivity contribution is 0.555. The minimum Gasteiger partial charge on any atom is -0.309 e. The van der Waals surface area contributed by atoms with E-state index in [0.717, 1.165) is 18.5 Å². The van der Waals surface area contributed by atoms with E-state index in [1.54, 1.807) is 12.1 Å². The van der Waals surface area contributed by atoms with E-state index in [1.807, 2.05) is 24.3 Å². The van der Waals surface area contributed by atoms with E-state index in [0.29, 0.717) is 6.04 Å². The van der Waals surface area contributed by atoms with Gasteiger partial charge in [0.15, 0.2) is 0 Å². The summed E-state index contributed by atoms with van der Waals surface area (Å²) in [6.07, 6.45) is 0.903. The normalized spacial score (nSPS) is 12.6. The maximum Gasteiger partial charge on any atom is 0.123 e. The Balaban J connectivity index is 2.21. The van der Waals surface area contributed by atoms with Crippen molar-refractivity contribution in [2.75, 3.05) is 6.54 Å². The molecule has 1 aromatic heterocycles. The van der Waals surface area contributed by atoms with Crippen LogP contribution in [0, 0.1) is 19.7 Å². The molecule has 0 aliphatic heterocycles. The zero-order valence-corrected chi connectivity index (χ0v) is 12.5. The van der Waals surface area contributed by atoms with Gasteiger partial charge in [-0.1, -0.05) is 13.0 Å². The number of rotatable bonds is 5. The van der Waals surface area contributed by atoms with Crippen molar-refractivity contribution < 1.29 is 4.39 Å². The third-order valence-corrected chi connectivity index (χ3v) is 4.40. The van der Waals surface area contributed by atoms with Crippen LogP contribution in [0.1, 0.15) is 33.8 Å². The van der Waals surface area contributed by atoms with E-state index < -0.39 is 0 Å². The smallest absolute Gasteiger partial charge is 0.123 e. The monoisotopic (exact) mass is 277 g/mol. The minimum atomic E-state index is -0.159. The van der Waals surface area contributed by atoms with Gasteiger partial charge in [-0.05, 0) is 62.2 Å². The number of aryl methyl sites for hydroxylation is 2. The summed E-state index contributed by atoms with van der Waals surface area (Å²) in [5.41, 5.74) is 2.23. The van der Waals surface area contributed by atoms with Crippen LogP contribution in [0.15, 0.2) is 30.3 Å². The molecule has 0 fully saturated rings. The van der Waals surface area contributed by atoms with Crippen molar-refractivity contribution in [3.8, 4) is 0 Å². The molecule has 1 N–H and O–H groups in total. The molecule has 2 aromatic rings. The van der Waals surface area contributed by atoms with Crippen LogP contribution < -0.4 is 5.32 Å². The molecule has 19 heavy (non-hydrogen) atoms. The first-order valence-electron chi connectivity index (χ1n) is 6.65. The molecule has 1 unspecified atom stereocenters. The SMILES string of the molecule is CCNC(Cc1ccc(F)cc1C)c1ccc(C)s1. The molecule has 2 rings (SSSR count). The Morgan fingerprint density at radius 2 is 2.00 bits per heavy atom. The standard InChI is InChI=1S/C16H20FNS/c1-4-18-15(16-8-5-12(3)19-16)10-13-6-7-14(17)9-11(13)2/h5-9,15,18H,4,10H2,1-3H3. The quantitative estimate of drug-likeness (QED) is 0.854. The fourth-order valence-corrected chi connectivity index (χ4v) is 3.22. The number of hydrogen-bond acceptors (Lipinski definition) is 2. The van der Waals surface area contributed by atoms with Gasteiger partial charge in [-0.2, -0.15) is 0 Å². The Bertz CT molecular complexity index is 547. The average Bonchev–Trinajstić information content (AvgIpc) is 2.78. The largest absolute Gasteiger partial charge is 0.309 e. The molecule has 0 spiro atoms. The van der Waals surface area contributed by atoms with Crippen LogP contribution in [0.25, 0.3) is 0 Å². The Kier molecular flexibility index (Phi) is 4.72. The topological polar surface area (TPSA) is 12.0 Å². The predicted molar refractivity (Wildman–Crippen MR) is 80.3 cm³/mol. The number of hydrogen-bond donors (Lipinski definition) is 1. The Hall–Kier alpha value is -1.19. The summed E-state index contributed by atoms with van der Waals surface area (Å²) >= 11 is 1.83. The van der Waals surface area contributed by atoms with E-state index in [2.05, 4.69) is 31.3 Å². The summed E-state index contributed by atoms with van der Waals surface area (Å²) in [5, 5.41) is 3.52. The fourth-order valence-electron chi connectivity index (χ4n) is 2.27. The first-order chi connectivity index (χ1) is 9.10. The lowest BCUT2D eigenvalue weighted by Crippen LogP contribution is -2.22. The summed E-state index contributed by atoms with van der Waals surface area (Å²) in [4.78, 5) is 2.68. The van der Waals surface area contributed by atoms with Crippen LogP contribution in [0.3, 0.4) is 0 Å². The van der Waals surface area contributed by atoms with Gasteiger partial charge in [0.2, 0.25) is 0 Å². The third kappa shape index (κ3) is 3.64. The van der Waals surface area contributed by atoms with Gasteiger partial charge < -0.3 is 5.32 Å². The van der Waals surface area contributed by atoms with Crippen LogP contribution in [0.2, 0.25) is 0 Å². The molecule has 0 saturated heterocycles. The number of benzene rings is 1.